The van der Waals surface area contributed by atoms with E-state index in [1.54, 1.807) is 0 Å². The van der Waals surface area contributed by atoms with Crippen molar-refractivity contribution >= 4 is 22.1 Å². The quantitative estimate of drug-likeness (QED) is 0.123. The number of hydrogen-bond donors (Lipinski definition) is 1. The smallest absolute Gasteiger partial charge is 0.455 e. The van der Waals surface area contributed by atoms with Crippen LogP contribution >= 0.6 is 0 Å². The topological polar surface area (TPSA) is 116 Å². The first-order valence-electron chi connectivity index (χ1n) is 8.06. The Morgan fingerprint density at radius 2 is 1.48 bits per heavy atom. The van der Waals surface area contributed by atoms with Gasteiger partial charge in [0.1, 0.15) is 5.60 Å². The summed E-state index contributed by atoms with van der Waals surface area (Å²) in [7, 11) is -6.56. The highest BCUT2D eigenvalue weighted by Crippen LogP contribution is 2.42. The van der Waals surface area contributed by atoms with Gasteiger partial charge in [-0.05, 0) is 27.2 Å². The predicted octanol–water partition coefficient (Wildman–Crippen LogP) is 3.23. The Morgan fingerprint density at radius 3 is 1.84 bits per heavy atom. The fraction of sp³-hybridized carbons (Fsp3) is 0.733. The van der Waals surface area contributed by atoms with Crippen LogP contribution < -0.4 is 0 Å². The molecule has 1 atom stereocenters. The lowest BCUT2D eigenvalue weighted by Crippen LogP contribution is -2.59. The Kier molecular flexibility index (Phi) is 8.70. The minimum absolute atomic E-state index is 0.217. The van der Waals surface area contributed by atoms with E-state index in [1.165, 1.54) is 0 Å². The van der Waals surface area contributed by atoms with Crippen LogP contribution in [0.15, 0.2) is 12.7 Å². The third-order valence-electron chi connectivity index (χ3n) is 3.14. The largest absolute Gasteiger partial charge is 0.468 e. The average molecular weight is 492 g/mol. The van der Waals surface area contributed by atoms with Gasteiger partial charge in [0.05, 0.1) is 6.61 Å². The molecule has 0 heterocycles. The Balaban J connectivity index is 5.78. The Bertz CT molecular complexity index is 786. The van der Waals surface area contributed by atoms with Crippen LogP contribution in [0, 0.1) is 0 Å². The summed E-state index contributed by atoms with van der Waals surface area (Å²) in [5, 5.41) is -5.96. The molecule has 0 fully saturated rings. The SMILES string of the molecule is C=CC(=O)OC(OCCCC(F)(F)C(F)(F)S(=O)(=O)O)(C(=O)OC(C)(C)C)C(F)(F)F. The van der Waals surface area contributed by atoms with Crippen molar-refractivity contribution in [3.63, 3.8) is 0 Å². The van der Waals surface area contributed by atoms with Gasteiger partial charge >= 0.3 is 45.2 Å². The van der Waals surface area contributed by atoms with Crippen LogP contribution in [0.25, 0.3) is 0 Å². The maximum absolute atomic E-state index is 13.6. The van der Waals surface area contributed by atoms with E-state index >= 15 is 0 Å². The second kappa shape index (κ2) is 9.28. The summed E-state index contributed by atoms with van der Waals surface area (Å²) in [5.41, 5.74) is -1.57. The zero-order valence-electron chi connectivity index (χ0n) is 16.3. The predicted molar refractivity (Wildman–Crippen MR) is 87.5 cm³/mol. The van der Waals surface area contributed by atoms with Gasteiger partial charge in [0.2, 0.25) is 0 Å². The lowest BCUT2D eigenvalue weighted by Gasteiger charge is -2.34. The van der Waals surface area contributed by atoms with Crippen LogP contribution in [0.2, 0.25) is 0 Å². The number of hydrogen-bond acceptors (Lipinski definition) is 7. The standard InChI is InChI=1S/C15H19F7O8S/c1-5-9(23)29-13(14(18,19)20,10(24)30-11(2,3)4)28-8-6-7-12(16,17)15(21,22)31(25,26)27/h5H,1,6-8H2,2-4H3,(H,25,26,27). The molecule has 16 heteroatoms. The molecule has 0 aliphatic carbocycles. The number of ether oxygens (including phenoxy) is 3. The molecule has 0 spiro atoms. The summed E-state index contributed by atoms with van der Waals surface area (Å²) in [4.78, 5) is 23.4. The number of rotatable bonds is 10. The van der Waals surface area contributed by atoms with Gasteiger partial charge in [-0.15, -0.1) is 0 Å². The number of carbonyl (C=O) groups is 2. The van der Waals surface area contributed by atoms with E-state index in [1.807, 2.05) is 0 Å². The van der Waals surface area contributed by atoms with Gasteiger partial charge < -0.3 is 14.2 Å². The van der Waals surface area contributed by atoms with Crippen LogP contribution in [0.5, 0.6) is 0 Å². The minimum atomic E-state index is -6.56. The number of esters is 2. The van der Waals surface area contributed by atoms with E-state index in [4.69, 9.17) is 4.55 Å². The molecule has 0 aromatic rings. The van der Waals surface area contributed by atoms with Crippen molar-refractivity contribution < 1.29 is 67.5 Å². The second-order valence-electron chi connectivity index (χ2n) is 6.89. The molecule has 31 heavy (non-hydrogen) atoms. The Morgan fingerprint density at radius 1 is 1.00 bits per heavy atom. The summed E-state index contributed by atoms with van der Waals surface area (Å²) >= 11 is 0. The minimum Gasteiger partial charge on any atom is -0.455 e. The molecule has 0 amide bonds. The molecule has 0 aliphatic heterocycles. The lowest BCUT2D eigenvalue weighted by molar-refractivity contribution is -0.357. The molecule has 8 nitrogen and oxygen atoms in total. The molecule has 0 radical (unpaired) electrons. The molecule has 0 aliphatic rings. The Labute approximate surface area is 172 Å². The van der Waals surface area contributed by atoms with Gasteiger partial charge in [0.15, 0.2) is 0 Å². The normalized spacial score (nSPS) is 15.7. The molecule has 0 aromatic carbocycles. The van der Waals surface area contributed by atoms with Gasteiger partial charge in [0, 0.05) is 12.5 Å². The zero-order chi connectivity index (χ0) is 25.1. The lowest BCUT2D eigenvalue weighted by atomic mass is 10.1. The van der Waals surface area contributed by atoms with Crippen LogP contribution in [0.3, 0.4) is 0 Å². The third-order valence-corrected chi connectivity index (χ3v) is 4.09. The summed E-state index contributed by atoms with van der Waals surface area (Å²) in [6.45, 7) is 4.69. The zero-order valence-corrected chi connectivity index (χ0v) is 17.1. The maximum atomic E-state index is 13.6. The van der Waals surface area contributed by atoms with Gasteiger partial charge in [-0.3, -0.25) is 4.55 Å². The maximum Gasteiger partial charge on any atom is 0.468 e. The fourth-order valence-corrected chi connectivity index (χ4v) is 2.24. The van der Waals surface area contributed by atoms with E-state index in [0.29, 0.717) is 0 Å². The van der Waals surface area contributed by atoms with Gasteiger partial charge in [0.25, 0.3) is 0 Å². The van der Waals surface area contributed by atoms with Crippen LogP contribution in [-0.4, -0.2) is 60.3 Å². The average Bonchev–Trinajstić information content (AvgIpc) is 2.53. The van der Waals surface area contributed by atoms with Crippen LogP contribution in [-0.2, 0) is 33.9 Å². The first kappa shape index (κ1) is 29.1. The molecular formula is C15H19F7O8S. The summed E-state index contributed by atoms with van der Waals surface area (Å²) < 4.78 is 136. The van der Waals surface area contributed by atoms with Crippen LogP contribution in [0.1, 0.15) is 33.6 Å². The third kappa shape index (κ3) is 7.03. The van der Waals surface area contributed by atoms with E-state index in [-0.39, 0.29) is 6.08 Å². The van der Waals surface area contributed by atoms with Gasteiger partial charge in [-0.2, -0.15) is 39.2 Å². The van der Waals surface area contributed by atoms with Crippen LogP contribution in [0.4, 0.5) is 30.7 Å². The van der Waals surface area contributed by atoms with E-state index < -0.39 is 70.2 Å². The van der Waals surface area contributed by atoms with Crippen molar-refractivity contribution in [1.82, 2.24) is 0 Å². The highest BCUT2D eigenvalue weighted by atomic mass is 32.2. The van der Waals surface area contributed by atoms with E-state index in [2.05, 4.69) is 20.8 Å². The number of carbonyl (C=O) groups excluding carboxylic acids is 2. The first-order valence-corrected chi connectivity index (χ1v) is 9.50. The summed E-state index contributed by atoms with van der Waals surface area (Å²) in [5.74, 6) is -14.0. The van der Waals surface area contributed by atoms with E-state index in [0.717, 1.165) is 20.8 Å². The number of alkyl halides is 7. The highest BCUT2D eigenvalue weighted by molar-refractivity contribution is 7.87. The van der Waals surface area contributed by atoms with Crippen molar-refractivity contribution in [2.45, 2.75) is 62.4 Å². The number of halogens is 7. The Hall–Kier alpha value is -1.94. The van der Waals surface area contributed by atoms with Crippen molar-refractivity contribution in [3.05, 3.63) is 12.7 Å². The summed E-state index contributed by atoms with van der Waals surface area (Å²) in [6, 6.07) is 0. The van der Waals surface area contributed by atoms with E-state index in [9.17, 15) is 48.7 Å². The molecule has 1 N–H and O–H groups in total. The van der Waals surface area contributed by atoms with Crippen molar-refractivity contribution in [2.24, 2.45) is 0 Å². The van der Waals surface area contributed by atoms with Crippen molar-refractivity contribution in [3.8, 4) is 0 Å². The van der Waals surface area contributed by atoms with Gasteiger partial charge in [-0.1, -0.05) is 6.58 Å². The van der Waals surface area contributed by atoms with Crippen molar-refractivity contribution in [1.29, 1.82) is 0 Å². The molecule has 0 saturated carbocycles. The molecule has 0 bridgehead atoms. The summed E-state index contributed by atoms with van der Waals surface area (Å²) in [6.07, 6.45) is -9.11. The first-order chi connectivity index (χ1) is 13.5. The van der Waals surface area contributed by atoms with Gasteiger partial charge in [-0.25, -0.2) is 9.59 Å². The monoisotopic (exact) mass is 492 g/mol. The highest BCUT2D eigenvalue weighted by Gasteiger charge is 2.68. The molecule has 1 unspecified atom stereocenters. The molecule has 0 saturated heterocycles. The van der Waals surface area contributed by atoms with Crippen molar-refractivity contribution in [2.75, 3.05) is 6.61 Å². The molecule has 0 rings (SSSR count). The molecular weight excluding hydrogens is 473 g/mol. The fourth-order valence-electron chi connectivity index (χ4n) is 1.76. The second-order valence-corrected chi connectivity index (χ2v) is 8.35. The molecule has 182 valence electrons. The molecule has 0 aromatic heterocycles.